The van der Waals surface area contributed by atoms with Gasteiger partial charge in [0.05, 0.1) is 12.2 Å². The van der Waals surface area contributed by atoms with Gasteiger partial charge in [-0.2, -0.15) is 0 Å². The van der Waals surface area contributed by atoms with Gasteiger partial charge in [-0.1, -0.05) is 37.9 Å². The summed E-state index contributed by atoms with van der Waals surface area (Å²) in [6, 6.07) is 0. The summed E-state index contributed by atoms with van der Waals surface area (Å²) in [5, 5.41) is 27.1. The Bertz CT molecular complexity index is 456. The highest BCUT2D eigenvalue weighted by Gasteiger charge is 2.56. The highest BCUT2D eigenvalue weighted by Crippen LogP contribution is 2.62. The smallest absolute Gasteiger partial charge is 0.0621 e. The third kappa shape index (κ3) is 2.38. The van der Waals surface area contributed by atoms with Crippen molar-refractivity contribution in [3.63, 3.8) is 0 Å². The SMILES string of the molecule is C=C1CCC2[C@H](SN)C([C@@]3(C)CC[C@H](O)C[C@@H]3O)CC[C@]12C. The van der Waals surface area contributed by atoms with E-state index in [9.17, 15) is 10.2 Å². The molecule has 4 heteroatoms. The molecule has 4 N–H and O–H groups in total. The first kappa shape index (κ1) is 16.8. The highest BCUT2D eigenvalue weighted by molar-refractivity contribution is 7.97. The molecular formula is C18H31NO2S. The number of rotatable bonds is 2. The van der Waals surface area contributed by atoms with E-state index in [0.29, 0.717) is 23.5 Å². The molecule has 22 heavy (non-hydrogen) atoms. The molecule has 0 spiro atoms. The van der Waals surface area contributed by atoms with Gasteiger partial charge >= 0.3 is 0 Å². The lowest BCUT2D eigenvalue weighted by Gasteiger charge is -2.54. The van der Waals surface area contributed by atoms with E-state index < -0.39 is 6.10 Å². The summed E-state index contributed by atoms with van der Waals surface area (Å²) in [6.45, 7) is 8.92. The van der Waals surface area contributed by atoms with Crippen molar-refractivity contribution in [2.24, 2.45) is 27.8 Å². The van der Waals surface area contributed by atoms with Crippen LogP contribution >= 0.6 is 11.9 Å². The molecule has 3 rings (SSSR count). The van der Waals surface area contributed by atoms with Crippen LogP contribution in [0.2, 0.25) is 0 Å². The largest absolute Gasteiger partial charge is 0.393 e. The van der Waals surface area contributed by atoms with Crippen LogP contribution in [0.5, 0.6) is 0 Å². The van der Waals surface area contributed by atoms with E-state index in [1.54, 1.807) is 0 Å². The fourth-order valence-electron chi connectivity index (χ4n) is 5.60. The average molecular weight is 326 g/mol. The third-order valence-corrected chi connectivity index (χ3v) is 8.40. The van der Waals surface area contributed by atoms with Crippen LogP contribution in [0.1, 0.15) is 58.8 Å². The Hall–Kier alpha value is -0.0300. The maximum atomic E-state index is 10.7. The molecule has 0 aliphatic heterocycles. The normalized spacial score (nSPS) is 52.6. The van der Waals surface area contributed by atoms with Gasteiger partial charge in [0.2, 0.25) is 0 Å². The molecule has 0 amide bonds. The van der Waals surface area contributed by atoms with Crippen LogP contribution in [-0.4, -0.2) is 27.7 Å². The first-order chi connectivity index (χ1) is 10.3. The molecule has 3 nitrogen and oxygen atoms in total. The minimum absolute atomic E-state index is 0.110. The van der Waals surface area contributed by atoms with Crippen molar-refractivity contribution in [1.82, 2.24) is 0 Å². The number of nitrogens with two attached hydrogens (primary N) is 1. The van der Waals surface area contributed by atoms with E-state index in [-0.39, 0.29) is 16.9 Å². The zero-order valence-electron chi connectivity index (χ0n) is 13.9. The van der Waals surface area contributed by atoms with E-state index in [0.717, 1.165) is 25.7 Å². The van der Waals surface area contributed by atoms with Gasteiger partial charge in [-0.3, -0.25) is 5.14 Å². The summed E-state index contributed by atoms with van der Waals surface area (Å²) in [4.78, 5) is 0. The van der Waals surface area contributed by atoms with Crippen molar-refractivity contribution in [2.75, 3.05) is 0 Å². The highest BCUT2D eigenvalue weighted by atomic mass is 32.2. The Balaban J connectivity index is 1.87. The van der Waals surface area contributed by atoms with Gasteiger partial charge in [-0.25, -0.2) is 0 Å². The fraction of sp³-hybridized carbons (Fsp3) is 0.889. The molecule has 0 heterocycles. The Morgan fingerprint density at radius 2 is 1.86 bits per heavy atom. The van der Waals surface area contributed by atoms with Crippen molar-refractivity contribution in [2.45, 2.75) is 76.3 Å². The van der Waals surface area contributed by atoms with Crippen molar-refractivity contribution in [3.05, 3.63) is 12.2 Å². The van der Waals surface area contributed by atoms with Crippen LogP contribution in [0, 0.1) is 22.7 Å². The molecule has 3 aliphatic rings. The summed E-state index contributed by atoms with van der Waals surface area (Å²) >= 11 is 1.51. The van der Waals surface area contributed by atoms with Crippen LogP contribution in [0.25, 0.3) is 0 Å². The van der Waals surface area contributed by atoms with Gasteiger partial charge in [0, 0.05) is 5.25 Å². The molecule has 0 radical (unpaired) electrons. The fourth-order valence-corrected chi connectivity index (χ4v) is 6.86. The number of allylic oxidation sites excluding steroid dienone is 1. The molecule has 0 aromatic carbocycles. The Kier molecular flexibility index (Phi) is 4.43. The summed E-state index contributed by atoms with van der Waals surface area (Å²) < 4.78 is 0. The molecule has 3 fully saturated rings. The average Bonchev–Trinajstić information content (AvgIpc) is 2.78. The summed E-state index contributed by atoms with van der Waals surface area (Å²) in [7, 11) is 0. The van der Waals surface area contributed by atoms with Gasteiger partial charge in [-0.15, -0.1) is 0 Å². The van der Waals surface area contributed by atoms with Gasteiger partial charge in [0.15, 0.2) is 0 Å². The summed E-state index contributed by atoms with van der Waals surface area (Å²) in [6.07, 6.45) is 6.08. The lowest BCUT2D eigenvalue weighted by atomic mass is 9.55. The van der Waals surface area contributed by atoms with Gasteiger partial charge in [0.25, 0.3) is 0 Å². The van der Waals surface area contributed by atoms with Crippen LogP contribution in [0.3, 0.4) is 0 Å². The van der Waals surface area contributed by atoms with Gasteiger partial charge in [-0.05, 0) is 67.6 Å². The maximum Gasteiger partial charge on any atom is 0.0621 e. The van der Waals surface area contributed by atoms with Crippen LogP contribution in [0.15, 0.2) is 12.2 Å². The summed E-state index contributed by atoms with van der Waals surface area (Å²) in [5.41, 5.74) is 1.53. The topological polar surface area (TPSA) is 66.5 Å². The third-order valence-electron chi connectivity index (χ3n) is 7.43. The monoisotopic (exact) mass is 325 g/mol. The molecular weight excluding hydrogens is 294 g/mol. The van der Waals surface area contributed by atoms with E-state index >= 15 is 0 Å². The Labute approximate surface area is 138 Å². The van der Waals surface area contributed by atoms with Crippen LogP contribution < -0.4 is 5.14 Å². The second kappa shape index (κ2) is 5.80. The number of fused-ring (bicyclic) bond motifs is 1. The maximum absolute atomic E-state index is 10.7. The molecule has 0 aromatic heterocycles. The predicted octanol–water partition coefficient (Wildman–Crippen LogP) is 3.26. The van der Waals surface area contributed by atoms with Crippen molar-refractivity contribution in [1.29, 1.82) is 0 Å². The molecule has 0 aromatic rings. The molecule has 0 saturated heterocycles. The van der Waals surface area contributed by atoms with Gasteiger partial charge < -0.3 is 10.2 Å². The summed E-state index contributed by atoms with van der Waals surface area (Å²) in [5.74, 6) is 1.03. The zero-order chi connectivity index (χ0) is 16.1. The number of hydrogen-bond donors (Lipinski definition) is 3. The van der Waals surface area contributed by atoms with Crippen molar-refractivity contribution in [3.8, 4) is 0 Å². The lowest BCUT2D eigenvalue weighted by Crippen LogP contribution is -2.53. The molecule has 3 saturated carbocycles. The Morgan fingerprint density at radius 3 is 2.50 bits per heavy atom. The second-order valence-corrected chi connectivity index (χ2v) is 9.18. The first-order valence-corrected chi connectivity index (χ1v) is 9.67. The Morgan fingerprint density at radius 1 is 1.14 bits per heavy atom. The standard InChI is InChI=1S/C18H31NO2S/c1-11-4-5-13-16(22-19)14(7-9-17(11,13)2)18(3)8-6-12(20)10-15(18)21/h12-16,20-21H,1,4-10,19H2,2-3H3/t12-,13?,14?,15-,16-,17+,18+/m0/s1. The van der Waals surface area contributed by atoms with Crippen molar-refractivity contribution >= 4 is 11.9 Å². The predicted molar refractivity (Wildman–Crippen MR) is 92.2 cm³/mol. The first-order valence-electron chi connectivity index (χ1n) is 8.73. The quantitative estimate of drug-likeness (QED) is 0.538. The number of hydrogen-bond acceptors (Lipinski definition) is 4. The van der Waals surface area contributed by atoms with Gasteiger partial charge in [0.1, 0.15) is 0 Å². The molecule has 0 bridgehead atoms. The van der Waals surface area contributed by atoms with E-state index in [2.05, 4.69) is 20.4 Å². The minimum atomic E-state index is -0.412. The second-order valence-electron chi connectivity index (χ2n) is 8.36. The molecule has 3 aliphatic carbocycles. The number of aliphatic hydroxyl groups is 2. The van der Waals surface area contributed by atoms with Crippen molar-refractivity contribution < 1.29 is 10.2 Å². The van der Waals surface area contributed by atoms with E-state index in [1.807, 2.05) is 0 Å². The van der Waals surface area contributed by atoms with E-state index in [1.165, 1.54) is 30.4 Å². The minimum Gasteiger partial charge on any atom is -0.393 e. The number of aliphatic hydroxyl groups excluding tert-OH is 2. The molecule has 126 valence electrons. The van der Waals surface area contributed by atoms with E-state index in [4.69, 9.17) is 5.14 Å². The van der Waals surface area contributed by atoms with Crippen LogP contribution in [-0.2, 0) is 0 Å². The molecule has 2 unspecified atom stereocenters. The molecule has 7 atom stereocenters. The van der Waals surface area contributed by atoms with Crippen LogP contribution in [0.4, 0.5) is 0 Å². The zero-order valence-corrected chi connectivity index (χ0v) is 14.7. The lowest BCUT2D eigenvalue weighted by molar-refractivity contribution is -0.0943.